The van der Waals surface area contributed by atoms with Crippen LogP contribution in [0.25, 0.3) is 0 Å². The van der Waals surface area contributed by atoms with Gasteiger partial charge in [0.25, 0.3) is 0 Å². The molecule has 0 amide bonds. The molecule has 0 aromatic carbocycles. The summed E-state index contributed by atoms with van der Waals surface area (Å²) in [5.41, 5.74) is 0. The van der Waals surface area contributed by atoms with E-state index in [-0.39, 0.29) is 26.1 Å². The highest BCUT2D eigenvalue weighted by Gasteiger charge is 2.27. The summed E-state index contributed by atoms with van der Waals surface area (Å²) in [6.07, 6.45) is 77.5. The number of likely N-dealkylation sites (N-methyl/N-ethyl adjacent to an activating group) is 1. The minimum absolute atomic E-state index is 0.0137. The van der Waals surface area contributed by atoms with E-state index < -0.39 is 32.5 Å². The molecule has 9 nitrogen and oxygen atoms in total. The fraction of sp³-hybridized carbons (Fsp3) is 0.656. The normalized spacial score (nSPS) is 14.2. The van der Waals surface area contributed by atoms with Gasteiger partial charge in [0.05, 0.1) is 34.2 Å². The molecule has 0 aliphatic carbocycles. The molecular weight excluding hydrogens is 942 g/mol. The van der Waals surface area contributed by atoms with Crippen LogP contribution in [0.15, 0.2) is 122 Å². The number of phosphoric ester groups is 1. The van der Waals surface area contributed by atoms with E-state index in [1.54, 1.807) is 6.08 Å². The topological polar surface area (TPSA) is 108 Å². The van der Waals surface area contributed by atoms with Crippen LogP contribution in [0.1, 0.15) is 219 Å². The number of allylic oxidation sites excluding steroid dienone is 19. The highest BCUT2D eigenvalue weighted by atomic mass is 31.2. The zero-order chi connectivity index (χ0) is 54.2. The zero-order valence-corrected chi connectivity index (χ0v) is 48.7. The lowest BCUT2D eigenvalue weighted by atomic mass is 10.0. The first-order chi connectivity index (χ1) is 36.0. The molecule has 422 valence electrons. The molecule has 74 heavy (non-hydrogen) atoms. The van der Waals surface area contributed by atoms with Crippen molar-refractivity contribution in [3.63, 3.8) is 0 Å². The standard InChI is InChI=1S/C64H108NO8P/c1-6-8-10-12-14-16-18-20-22-23-24-25-26-27-28-29-30-31-32-33-34-35-36-37-38-39-40-41-43-45-47-49-51-53-55-57-64(67)73-62(61-72-74(68,69)71-59-58-65(3,4)5)60-70-63(66)56-54-52-50-48-46-44-42-21-19-17-15-13-11-9-7-2/h8-11,14-17,20-22,24-25,27-28,42,46,48,52,54,62H,6-7,12-13,18-19,23,26,29-41,43-45,47,49-51,53,55-61H2,1-5H3/p+1/b10-8-,11-9-,16-14-,17-15-,22-20-,25-24-,28-27-,42-21-,48-46-,54-52-. The summed E-state index contributed by atoms with van der Waals surface area (Å²) in [4.78, 5) is 35.5. The number of ether oxygens (including phenoxy) is 2. The average molecular weight is 1050 g/mol. The van der Waals surface area contributed by atoms with Crippen LogP contribution in [0.5, 0.6) is 0 Å². The molecule has 0 aliphatic rings. The van der Waals surface area contributed by atoms with E-state index in [1.165, 1.54) is 103 Å². The molecule has 1 N–H and O–H groups in total. The van der Waals surface area contributed by atoms with Crippen LogP contribution in [0.2, 0.25) is 0 Å². The monoisotopic (exact) mass is 1050 g/mol. The molecular formula is C64H109NO8P+. The van der Waals surface area contributed by atoms with E-state index in [0.717, 1.165) is 77.0 Å². The van der Waals surface area contributed by atoms with Crippen LogP contribution < -0.4 is 0 Å². The van der Waals surface area contributed by atoms with E-state index in [2.05, 4.69) is 117 Å². The van der Waals surface area contributed by atoms with Crippen molar-refractivity contribution in [1.29, 1.82) is 0 Å². The number of carbonyl (C=O) groups excluding carboxylic acids is 2. The van der Waals surface area contributed by atoms with Crippen molar-refractivity contribution in [2.24, 2.45) is 0 Å². The second-order valence-electron chi connectivity index (χ2n) is 20.3. The minimum atomic E-state index is -4.41. The Morgan fingerprint density at radius 3 is 1.15 bits per heavy atom. The Bertz CT molecular complexity index is 1660. The Balaban J connectivity index is 4.09. The molecule has 0 radical (unpaired) electrons. The molecule has 0 aromatic rings. The van der Waals surface area contributed by atoms with E-state index in [1.807, 2.05) is 33.3 Å². The number of carbonyl (C=O) groups is 2. The number of rotatable bonds is 52. The summed E-state index contributed by atoms with van der Waals surface area (Å²) in [6.45, 7) is 4.08. The van der Waals surface area contributed by atoms with Gasteiger partial charge in [0.1, 0.15) is 19.8 Å². The summed E-state index contributed by atoms with van der Waals surface area (Å²) in [7, 11) is 1.42. The second-order valence-corrected chi connectivity index (χ2v) is 21.7. The van der Waals surface area contributed by atoms with Gasteiger partial charge in [0.15, 0.2) is 6.10 Å². The number of unbranched alkanes of at least 4 members (excludes halogenated alkanes) is 19. The summed E-state index contributed by atoms with van der Waals surface area (Å²) in [6, 6.07) is 0. The van der Waals surface area contributed by atoms with Crippen molar-refractivity contribution in [3.05, 3.63) is 122 Å². The largest absolute Gasteiger partial charge is 0.472 e. The predicted octanol–water partition coefficient (Wildman–Crippen LogP) is 18.4. The highest BCUT2D eigenvalue weighted by molar-refractivity contribution is 7.47. The maximum absolute atomic E-state index is 12.8. The SMILES string of the molecule is CC/C=C\C/C=C\C/C=C\C/C=C\C/C=C\CCCCCCCCCCCCCCCCCCCCCC(=O)OC(COC(=O)C/C=C\C/C=C\C/C=C\C/C=C\C/C=C\CC)COP(=O)(O)OCC[N+](C)(C)C. The summed E-state index contributed by atoms with van der Waals surface area (Å²) in [5.74, 6) is -0.948. The van der Waals surface area contributed by atoms with Crippen molar-refractivity contribution < 1.29 is 42.1 Å². The average Bonchev–Trinajstić information content (AvgIpc) is 3.36. The summed E-state index contributed by atoms with van der Waals surface area (Å²) in [5, 5.41) is 0. The summed E-state index contributed by atoms with van der Waals surface area (Å²) < 4.78 is 34.4. The first kappa shape index (κ1) is 70.4. The quantitative estimate of drug-likeness (QED) is 0.0211. The van der Waals surface area contributed by atoms with Crippen LogP contribution >= 0.6 is 7.82 Å². The molecule has 10 heteroatoms. The molecule has 0 spiro atoms. The van der Waals surface area contributed by atoms with Gasteiger partial charge in [0.2, 0.25) is 0 Å². The Labute approximate surface area is 454 Å². The van der Waals surface area contributed by atoms with E-state index in [0.29, 0.717) is 23.9 Å². The third-order valence-electron chi connectivity index (χ3n) is 12.0. The number of nitrogens with zero attached hydrogens (tertiary/aromatic N) is 1. The van der Waals surface area contributed by atoms with Crippen LogP contribution in [0.4, 0.5) is 0 Å². The van der Waals surface area contributed by atoms with Gasteiger partial charge < -0.3 is 18.9 Å². The van der Waals surface area contributed by atoms with Crippen LogP contribution in [-0.2, 0) is 32.7 Å². The van der Waals surface area contributed by atoms with Gasteiger partial charge in [-0.3, -0.25) is 18.6 Å². The van der Waals surface area contributed by atoms with Gasteiger partial charge in [0, 0.05) is 6.42 Å². The Morgan fingerprint density at radius 1 is 0.432 bits per heavy atom. The maximum atomic E-state index is 12.8. The number of hydrogen-bond acceptors (Lipinski definition) is 7. The van der Waals surface area contributed by atoms with E-state index >= 15 is 0 Å². The molecule has 0 heterocycles. The van der Waals surface area contributed by atoms with Crippen molar-refractivity contribution in [1.82, 2.24) is 0 Å². The van der Waals surface area contributed by atoms with E-state index in [9.17, 15) is 19.0 Å². The third kappa shape index (κ3) is 57.7. The first-order valence-corrected chi connectivity index (χ1v) is 30.8. The molecule has 2 unspecified atom stereocenters. The van der Waals surface area contributed by atoms with Gasteiger partial charge in [-0.05, 0) is 83.5 Å². The Morgan fingerprint density at radius 2 is 0.770 bits per heavy atom. The van der Waals surface area contributed by atoms with Gasteiger partial charge in [-0.15, -0.1) is 0 Å². The predicted molar refractivity (Wildman–Crippen MR) is 316 cm³/mol. The lowest BCUT2D eigenvalue weighted by molar-refractivity contribution is -0.870. The minimum Gasteiger partial charge on any atom is -0.461 e. The molecule has 2 atom stereocenters. The fourth-order valence-electron chi connectivity index (χ4n) is 7.59. The number of phosphoric acid groups is 1. The Kier molecular flexibility index (Phi) is 51.6. The fourth-order valence-corrected chi connectivity index (χ4v) is 8.33. The van der Waals surface area contributed by atoms with Crippen molar-refractivity contribution >= 4 is 19.8 Å². The number of quaternary nitrogens is 1. The molecule has 0 aliphatic heterocycles. The highest BCUT2D eigenvalue weighted by Crippen LogP contribution is 2.43. The summed E-state index contributed by atoms with van der Waals surface area (Å²) >= 11 is 0. The molecule has 0 saturated carbocycles. The second kappa shape index (κ2) is 54.2. The molecule has 0 saturated heterocycles. The molecule has 0 bridgehead atoms. The third-order valence-corrected chi connectivity index (χ3v) is 13.0. The first-order valence-electron chi connectivity index (χ1n) is 29.3. The van der Waals surface area contributed by atoms with E-state index in [4.69, 9.17) is 18.5 Å². The van der Waals surface area contributed by atoms with Crippen LogP contribution in [-0.4, -0.2) is 74.9 Å². The van der Waals surface area contributed by atoms with Crippen molar-refractivity contribution in [3.8, 4) is 0 Å². The smallest absolute Gasteiger partial charge is 0.461 e. The Hall–Kier alpha value is -3.59. The molecule has 0 aromatic heterocycles. The van der Waals surface area contributed by atoms with Crippen LogP contribution in [0.3, 0.4) is 0 Å². The zero-order valence-electron chi connectivity index (χ0n) is 47.8. The molecule has 0 fully saturated rings. The maximum Gasteiger partial charge on any atom is 0.472 e. The van der Waals surface area contributed by atoms with Gasteiger partial charge in [-0.2, -0.15) is 0 Å². The number of esters is 2. The van der Waals surface area contributed by atoms with Crippen LogP contribution in [0, 0.1) is 0 Å². The lowest BCUT2D eigenvalue weighted by Gasteiger charge is -2.24. The lowest BCUT2D eigenvalue weighted by Crippen LogP contribution is -2.37. The van der Waals surface area contributed by atoms with Gasteiger partial charge >= 0.3 is 19.8 Å². The van der Waals surface area contributed by atoms with Gasteiger partial charge in [-0.1, -0.05) is 245 Å². The van der Waals surface area contributed by atoms with Gasteiger partial charge in [-0.25, -0.2) is 4.57 Å². The van der Waals surface area contributed by atoms with Crippen molar-refractivity contribution in [2.45, 2.75) is 225 Å². The van der Waals surface area contributed by atoms with Crippen molar-refractivity contribution in [2.75, 3.05) is 47.5 Å². The number of hydrogen-bond donors (Lipinski definition) is 1. The molecule has 0 rings (SSSR count).